The highest BCUT2D eigenvalue weighted by Gasteiger charge is 1.86. The molecule has 1 heteroatoms. The largest absolute Gasteiger partial charge is 0.399 e. The molecule has 0 saturated heterocycles. The van der Waals surface area contributed by atoms with Crippen LogP contribution in [0.1, 0.15) is 26.7 Å². The molecule has 0 unspecified atom stereocenters. The number of unbranched alkanes of at least 4 members (excludes halogenated alkanes) is 1. The van der Waals surface area contributed by atoms with Crippen LogP contribution in [-0.4, -0.2) is 0 Å². The molecule has 0 aliphatic rings. The summed E-state index contributed by atoms with van der Waals surface area (Å²) in [7, 11) is 0. The minimum absolute atomic E-state index is 0.813. The summed E-state index contributed by atoms with van der Waals surface area (Å²) in [5.74, 6) is 0. The van der Waals surface area contributed by atoms with Gasteiger partial charge in [0.2, 0.25) is 0 Å². The van der Waals surface area contributed by atoms with Crippen LogP contribution in [0.25, 0.3) is 0 Å². The predicted octanol–water partition coefficient (Wildman–Crippen LogP) is 2.76. The number of hydrogen-bond acceptors (Lipinski definition) is 1. The quantitative estimate of drug-likeness (QED) is 0.614. The van der Waals surface area contributed by atoms with E-state index >= 15 is 0 Å². The van der Waals surface area contributed by atoms with Crippen molar-refractivity contribution in [1.82, 2.24) is 0 Å². The highest BCUT2D eigenvalue weighted by Crippen LogP contribution is 2.01. The van der Waals surface area contributed by atoms with Gasteiger partial charge in [-0.05, 0) is 25.0 Å². The van der Waals surface area contributed by atoms with Crippen LogP contribution in [0, 0.1) is 0 Å². The first-order valence-corrected chi connectivity index (χ1v) is 3.97. The van der Waals surface area contributed by atoms with Crippen molar-refractivity contribution >= 4 is 0 Å². The molecular weight excluding hydrogens is 134 g/mol. The number of rotatable bonds is 4. The van der Waals surface area contributed by atoms with Crippen LogP contribution in [0.2, 0.25) is 0 Å². The molecule has 1 nitrogen and oxygen atoms in total. The Bertz CT molecular complexity index is 175. The second-order valence-electron chi connectivity index (χ2n) is 2.53. The third-order valence-electron chi connectivity index (χ3n) is 1.51. The van der Waals surface area contributed by atoms with Gasteiger partial charge >= 0.3 is 0 Å². The van der Waals surface area contributed by atoms with E-state index in [0.29, 0.717) is 0 Å². The lowest BCUT2D eigenvalue weighted by molar-refractivity contribution is 0.957. The molecule has 0 amide bonds. The normalized spacial score (nSPS) is 13.3. The van der Waals surface area contributed by atoms with Gasteiger partial charge in [-0.3, -0.25) is 0 Å². The van der Waals surface area contributed by atoms with Crippen LogP contribution in [0.4, 0.5) is 0 Å². The van der Waals surface area contributed by atoms with Gasteiger partial charge < -0.3 is 5.73 Å². The SMILES string of the molecule is C=C/C(C)=C(N)\C=C\CCC. The first kappa shape index (κ1) is 10.0. The summed E-state index contributed by atoms with van der Waals surface area (Å²) >= 11 is 0. The average Bonchev–Trinajstić information content (AvgIpc) is 2.03. The molecule has 0 heterocycles. The monoisotopic (exact) mass is 151 g/mol. The average molecular weight is 151 g/mol. The van der Waals surface area contributed by atoms with Gasteiger partial charge in [-0.1, -0.05) is 32.1 Å². The summed E-state index contributed by atoms with van der Waals surface area (Å²) in [5.41, 5.74) is 7.54. The lowest BCUT2D eigenvalue weighted by Gasteiger charge is -1.95. The van der Waals surface area contributed by atoms with Crippen molar-refractivity contribution in [3.05, 3.63) is 36.1 Å². The third-order valence-corrected chi connectivity index (χ3v) is 1.51. The Balaban J connectivity index is 4.03. The standard InChI is InChI=1S/C10H17N/c1-4-6-7-8-10(11)9(3)5-2/h5,7-8H,2,4,6,11H2,1,3H3/b8-7+,10-9+. The van der Waals surface area contributed by atoms with Gasteiger partial charge in [-0.15, -0.1) is 0 Å². The summed E-state index contributed by atoms with van der Waals surface area (Å²) in [6.07, 6.45) is 8.05. The number of hydrogen-bond donors (Lipinski definition) is 1. The first-order valence-electron chi connectivity index (χ1n) is 3.97. The zero-order valence-electron chi connectivity index (χ0n) is 7.43. The Labute approximate surface area is 69.3 Å². The minimum Gasteiger partial charge on any atom is -0.399 e. The summed E-state index contributed by atoms with van der Waals surface area (Å²) in [5, 5.41) is 0. The number of nitrogens with two attached hydrogens (primary N) is 1. The van der Waals surface area contributed by atoms with Crippen molar-refractivity contribution in [2.75, 3.05) is 0 Å². The second-order valence-corrected chi connectivity index (χ2v) is 2.53. The maximum Gasteiger partial charge on any atom is 0.0340 e. The molecule has 0 atom stereocenters. The van der Waals surface area contributed by atoms with Crippen molar-refractivity contribution in [2.24, 2.45) is 5.73 Å². The zero-order valence-corrected chi connectivity index (χ0v) is 7.43. The fraction of sp³-hybridized carbons (Fsp3) is 0.400. The lowest BCUT2D eigenvalue weighted by Crippen LogP contribution is -1.95. The Hall–Kier alpha value is -0.980. The molecule has 2 N–H and O–H groups in total. The molecule has 0 fully saturated rings. The summed E-state index contributed by atoms with van der Waals surface area (Å²) in [6, 6.07) is 0. The van der Waals surface area contributed by atoms with Gasteiger partial charge in [-0.2, -0.15) is 0 Å². The smallest absolute Gasteiger partial charge is 0.0340 e. The molecule has 0 aliphatic heterocycles. The van der Waals surface area contributed by atoms with Gasteiger partial charge in [0, 0.05) is 5.70 Å². The highest BCUT2D eigenvalue weighted by atomic mass is 14.6. The second kappa shape index (κ2) is 5.78. The molecule has 0 aromatic rings. The third kappa shape index (κ3) is 4.43. The Kier molecular flexibility index (Phi) is 5.26. The van der Waals surface area contributed by atoms with Crippen molar-refractivity contribution in [2.45, 2.75) is 26.7 Å². The zero-order chi connectivity index (χ0) is 8.69. The fourth-order valence-corrected chi connectivity index (χ4v) is 0.626. The molecule has 0 spiro atoms. The van der Waals surface area contributed by atoms with E-state index in [4.69, 9.17) is 5.73 Å². The Morgan fingerprint density at radius 3 is 2.64 bits per heavy atom. The van der Waals surface area contributed by atoms with E-state index in [1.807, 2.05) is 13.0 Å². The lowest BCUT2D eigenvalue weighted by atomic mass is 10.2. The predicted molar refractivity (Wildman–Crippen MR) is 51.1 cm³/mol. The van der Waals surface area contributed by atoms with E-state index in [2.05, 4.69) is 19.6 Å². The van der Waals surface area contributed by atoms with Gasteiger partial charge in [0.25, 0.3) is 0 Å². The molecule has 11 heavy (non-hydrogen) atoms. The van der Waals surface area contributed by atoms with Crippen LogP contribution in [0.3, 0.4) is 0 Å². The van der Waals surface area contributed by atoms with Crippen LogP contribution >= 0.6 is 0 Å². The van der Waals surface area contributed by atoms with Gasteiger partial charge in [0.05, 0.1) is 0 Å². The topological polar surface area (TPSA) is 26.0 Å². The van der Waals surface area contributed by atoms with Crippen molar-refractivity contribution in [3.63, 3.8) is 0 Å². The summed E-state index contributed by atoms with van der Waals surface area (Å²) in [4.78, 5) is 0. The van der Waals surface area contributed by atoms with E-state index in [0.717, 1.165) is 24.1 Å². The Morgan fingerprint density at radius 1 is 1.55 bits per heavy atom. The first-order chi connectivity index (χ1) is 5.22. The molecular formula is C10H17N. The summed E-state index contributed by atoms with van der Waals surface area (Å²) < 4.78 is 0. The van der Waals surface area contributed by atoms with E-state index in [9.17, 15) is 0 Å². The van der Waals surface area contributed by atoms with Gasteiger partial charge in [-0.25, -0.2) is 0 Å². The van der Waals surface area contributed by atoms with E-state index < -0.39 is 0 Å². The Morgan fingerprint density at radius 2 is 2.18 bits per heavy atom. The molecule has 0 aliphatic carbocycles. The number of allylic oxidation sites excluding steroid dienone is 4. The molecule has 0 saturated carbocycles. The van der Waals surface area contributed by atoms with Crippen LogP contribution in [0.15, 0.2) is 36.1 Å². The van der Waals surface area contributed by atoms with E-state index in [1.165, 1.54) is 0 Å². The maximum atomic E-state index is 5.69. The van der Waals surface area contributed by atoms with E-state index in [1.54, 1.807) is 6.08 Å². The van der Waals surface area contributed by atoms with Crippen molar-refractivity contribution in [3.8, 4) is 0 Å². The fourth-order valence-electron chi connectivity index (χ4n) is 0.626. The maximum absolute atomic E-state index is 5.69. The van der Waals surface area contributed by atoms with Crippen molar-refractivity contribution in [1.29, 1.82) is 0 Å². The molecule has 0 aromatic heterocycles. The summed E-state index contributed by atoms with van der Waals surface area (Å²) in [6.45, 7) is 7.74. The molecule has 0 bridgehead atoms. The van der Waals surface area contributed by atoms with Gasteiger partial charge in [0.15, 0.2) is 0 Å². The van der Waals surface area contributed by atoms with Gasteiger partial charge in [0.1, 0.15) is 0 Å². The highest BCUT2D eigenvalue weighted by molar-refractivity contribution is 5.27. The minimum atomic E-state index is 0.813. The van der Waals surface area contributed by atoms with Crippen LogP contribution < -0.4 is 5.73 Å². The molecule has 0 rings (SSSR count). The van der Waals surface area contributed by atoms with Crippen molar-refractivity contribution < 1.29 is 0 Å². The molecule has 0 radical (unpaired) electrons. The van der Waals surface area contributed by atoms with Crippen LogP contribution in [-0.2, 0) is 0 Å². The van der Waals surface area contributed by atoms with E-state index in [-0.39, 0.29) is 0 Å². The molecule has 62 valence electrons. The molecule has 0 aromatic carbocycles. The van der Waals surface area contributed by atoms with Crippen LogP contribution in [0.5, 0.6) is 0 Å².